The minimum absolute atomic E-state index is 0. The molecule has 2 aromatic heterocycles. The number of nitrogens with zero attached hydrogens (tertiary/aromatic N) is 2. The molecule has 0 unspecified atom stereocenters. The molecule has 28 heavy (non-hydrogen) atoms. The van der Waals surface area contributed by atoms with E-state index in [1.165, 1.54) is 15.9 Å². The van der Waals surface area contributed by atoms with Crippen molar-refractivity contribution in [2.45, 2.75) is 20.8 Å². The molecular formula is C20H27N2O4SY-. The van der Waals surface area contributed by atoms with Crippen LogP contribution in [0.1, 0.15) is 19.4 Å². The number of pyridine rings is 1. The molecule has 0 atom stereocenters. The zero-order valence-electron chi connectivity index (χ0n) is 17.3. The summed E-state index contributed by atoms with van der Waals surface area (Å²) in [6.45, 7) is 6.70. The summed E-state index contributed by atoms with van der Waals surface area (Å²) >= 11 is 1.21. The predicted octanol–water partition coefficient (Wildman–Crippen LogP) is 4.18. The van der Waals surface area contributed by atoms with E-state index in [1.54, 1.807) is 14.2 Å². The van der Waals surface area contributed by atoms with Gasteiger partial charge in [-0.1, -0.05) is 49.4 Å². The standard InChI is InChI=1S/C17H18N2O4S.C2H6.CH3.Y/c1-10-6-4-5-7-11(10)12-13(20)14-15(19(2)16(12)21)18-17(24-14)23-9-8-22-3;1-2;;/h4-7,20H,8-9H2,1-3H3;1-2H3;1H3;/q;;-1;. The second kappa shape index (κ2) is 12.3. The van der Waals surface area contributed by atoms with E-state index in [-0.39, 0.29) is 57.0 Å². The Morgan fingerprint density at radius 3 is 2.46 bits per heavy atom. The first kappa shape index (κ1) is 26.7. The third-order valence-electron chi connectivity index (χ3n) is 3.81. The van der Waals surface area contributed by atoms with Crippen molar-refractivity contribution in [2.24, 2.45) is 7.05 Å². The maximum Gasteiger partial charge on any atom is 0.276 e. The first-order valence-corrected chi connectivity index (χ1v) is 9.26. The van der Waals surface area contributed by atoms with Gasteiger partial charge in [0.15, 0.2) is 5.65 Å². The predicted molar refractivity (Wildman–Crippen MR) is 112 cm³/mol. The fourth-order valence-electron chi connectivity index (χ4n) is 2.52. The molecule has 0 saturated carbocycles. The van der Waals surface area contributed by atoms with Gasteiger partial charge >= 0.3 is 0 Å². The average molecular weight is 480 g/mol. The molecule has 3 rings (SSSR count). The van der Waals surface area contributed by atoms with Crippen molar-refractivity contribution < 1.29 is 47.3 Å². The Balaban J connectivity index is 0.00000177. The third-order valence-corrected chi connectivity index (χ3v) is 4.77. The van der Waals surface area contributed by atoms with Gasteiger partial charge in [-0.3, -0.25) is 9.36 Å². The number of thiazole rings is 1. The minimum Gasteiger partial charge on any atom is -0.505 e. The van der Waals surface area contributed by atoms with Gasteiger partial charge < -0.3 is 22.0 Å². The second-order valence-electron chi connectivity index (χ2n) is 5.38. The van der Waals surface area contributed by atoms with Crippen LogP contribution in [-0.4, -0.2) is 35.0 Å². The second-order valence-corrected chi connectivity index (χ2v) is 6.34. The molecule has 6 nitrogen and oxygen atoms in total. The normalized spacial score (nSPS) is 9.75. The molecule has 151 valence electrons. The van der Waals surface area contributed by atoms with Crippen molar-refractivity contribution in [3.05, 3.63) is 47.6 Å². The zero-order valence-corrected chi connectivity index (χ0v) is 20.9. The smallest absolute Gasteiger partial charge is 0.276 e. The van der Waals surface area contributed by atoms with E-state index < -0.39 is 0 Å². The van der Waals surface area contributed by atoms with Gasteiger partial charge in [0, 0.05) is 46.9 Å². The van der Waals surface area contributed by atoms with Crippen molar-refractivity contribution in [1.29, 1.82) is 0 Å². The number of aromatic hydroxyl groups is 1. The third kappa shape index (κ3) is 5.41. The van der Waals surface area contributed by atoms with Gasteiger partial charge in [0.25, 0.3) is 10.8 Å². The summed E-state index contributed by atoms with van der Waals surface area (Å²) in [6, 6.07) is 7.48. The summed E-state index contributed by atoms with van der Waals surface area (Å²) in [4.78, 5) is 17.0. The molecule has 3 aromatic rings. The van der Waals surface area contributed by atoms with Gasteiger partial charge in [0.05, 0.1) is 12.2 Å². The Labute approximate surface area is 195 Å². The fraction of sp³-hybridized carbons (Fsp3) is 0.350. The Morgan fingerprint density at radius 1 is 1.21 bits per heavy atom. The quantitative estimate of drug-likeness (QED) is 0.438. The van der Waals surface area contributed by atoms with Crippen molar-refractivity contribution in [3.63, 3.8) is 0 Å². The SMILES string of the molecule is CC.COCCOc1nc2c(s1)c(O)c(-c1ccccc1C)c(=O)n2C.[CH3-].[Y]. The van der Waals surface area contributed by atoms with Crippen LogP contribution >= 0.6 is 11.3 Å². The van der Waals surface area contributed by atoms with Gasteiger partial charge in [-0.05, 0) is 18.1 Å². The number of hydrogen-bond acceptors (Lipinski definition) is 6. The molecule has 8 heteroatoms. The van der Waals surface area contributed by atoms with Crippen LogP contribution in [0.15, 0.2) is 29.1 Å². The maximum atomic E-state index is 12.7. The topological polar surface area (TPSA) is 73.6 Å². The van der Waals surface area contributed by atoms with E-state index in [2.05, 4.69) is 4.98 Å². The van der Waals surface area contributed by atoms with Crippen LogP contribution in [0.5, 0.6) is 10.9 Å². The Hall–Kier alpha value is -1.28. The Morgan fingerprint density at radius 2 is 1.86 bits per heavy atom. The molecule has 0 aliphatic carbocycles. The van der Waals surface area contributed by atoms with Gasteiger partial charge in [-0.15, -0.1) is 0 Å². The summed E-state index contributed by atoms with van der Waals surface area (Å²) < 4.78 is 12.4. The maximum absolute atomic E-state index is 12.7. The van der Waals surface area contributed by atoms with Crippen LogP contribution in [0.4, 0.5) is 0 Å². The van der Waals surface area contributed by atoms with E-state index in [0.29, 0.717) is 34.3 Å². The molecule has 0 bridgehead atoms. The number of hydrogen-bond donors (Lipinski definition) is 1. The van der Waals surface area contributed by atoms with Crippen LogP contribution in [0.3, 0.4) is 0 Å². The summed E-state index contributed by atoms with van der Waals surface area (Å²) in [5.74, 6) is -0.0542. The minimum atomic E-state index is -0.289. The molecule has 1 radical (unpaired) electrons. The van der Waals surface area contributed by atoms with Gasteiger partial charge in [-0.2, -0.15) is 4.98 Å². The fourth-order valence-corrected chi connectivity index (χ4v) is 3.45. The monoisotopic (exact) mass is 480 g/mol. The van der Waals surface area contributed by atoms with Crippen molar-refractivity contribution in [1.82, 2.24) is 9.55 Å². The number of fused-ring (bicyclic) bond motifs is 1. The van der Waals surface area contributed by atoms with Crippen molar-refractivity contribution in [3.8, 4) is 22.1 Å². The van der Waals surface area contributed by atoms with Crippen molar-refractivity contribution in [2.75, 3.05) is 20.3 Å². The number of benzene rings is 1. The Bertz CT molecular complexity index is 953. The van der Waals surface area contributed by atoms with Gasteiger partial charge in [-0.25, -0.2) is 0 Å². The van der Waals surface area contributed by atoms with Gasteiger partial charge in [0.2, 0.25) is 0 Å². The summed E-state index contributed by atoms with van der Waals surface area (Å²) in [5, 5.41) is 11.1. The molecule has 0 spiro atoms. The van der Waals surface area contributed by atoms with Crippen LogP contribution in [0, 0.1) is 14.4 Å². The van der Waals surface area contributed by atoms with Crippen LogP contribution in [0.25, 0.3) is 21.5 Å². The molecule has 0 aliphatic rings. The van der Waals surface area contributed by atoms with Crippen LogP contribution in [-0.2, 0) is 44.5 Å². The Kier molecular flexibility index (Phi) is 11.8. The summed E-state index contributed by atoms with van der Waals surface area (Å²) in [7, 11) is 3.23. The summed E-state index contributed by atoms with van der Waals surface area (Å²) in [5.41, 5.74) is 2.04. The molecule has 0 fully saturated rings. The van der Waals surface area contributed by atoms with E-state index in [1.807, 2.05) is 45.0 Å². The number of rotatable bonds is 5. The van der Waals surface area contributed by atoms with E-state index >= 15 is 0 Å². The number of aromatic nitrogens is 2. The van der Waals surface area contributed by atoms with E-state index in [4.69, 9.17) is 9.47 Å². The molecule has 2 heterocycles. The zero-order chi connectivity index (χ0) is 19.3. The molecule has 1 aromatic carbocycles. The summed E-state index contributed by atoms with van der Waals surface area (Å²) in [6.07, 6.45) is 0. The molecule has 1 N–H and O–H groups in total. The van der Waals surface area contributed by atoms with Crippen LogP contribution in [0.2, 0.25) is 0 Å². The van der Waals surface area contributed by atoms with Crippen LogP contribution < -0.4 is 10.3 Å². The first-order valence-electron chi connectivity index (χ1n) is 8.44. The average Bonchev–Trinajstić information content (AvgIpc) is 3.08. The van der Waals surface area contributed by atoms with E-state index in [9.17, 15) is 9.90 Å². The number of methoxy groups -OCH3 is 1. The molecule has 0 aliphatic heterocycles. The van der Waals surface area contributed by atoms with Gasteiger partial charge in [0.1, 0.15) is 17.1 Å². The first-order chi connectivity index (χ1) is 12.5. The molecule has 0 saturated heterocycles. The van der Waals surface area contributed by atoms with Crippen molar-refractivity contribution >= 4 is 21.7 Å². The number of ether oxygens (including phenoxy) is 2. The van der Waals surface area contributed by atoms with E-state index in [0.717, 1.165) is 5.56 Å². The molecular weight excluding hydrogens is 453 g/mol. The number of aryl methyl sites for hydroxylation is 2. The molecule has 0 amide bonds. The largest absolute Gasteiger partial charge is 0.505 e.